The molecule has 0 radical (unpaired) electrons. The number of amides is 1. The van der Waals surface area contributed by atoms with E-state index < -0.39 is 17.5 Å². The molecule has 0 bridgehead atoms. The topological polar surface area (TPSA) is 78.0 Å². The molecule has 5 nitrogen and oxygen atoms in total. The van der Waals surface area contributed by atoms with Crippen molar-refractivity contribution in [3.8, 4) is 28.3 Å². The molecule has 0 fully saturated rings. The van der Waals surface area contributed by atoms with E-state index in [-0.39, 0.29) is 11.3 Å². The van der Waals surface area contributed by atoms with Crippen LogP contribution in [0, 0.1) is 11.6 Å². The van der Waals surface area contributed by atoms with Crippen LogP contribution in [0.4, 0.5) is 14.5 Å². The molecular formula is C22H15F2N3O2. The highest BCUT2D eigenvalue weighted by Crippen LogP contribution is 2.31. The molecule has 0 atom stereocenters. The molecule has 29 heavy (non-hydrogen) atoms. The molecule has 1 heterocycles. The van der Waals surface area contributed by atoms with E-state index in [4.69, 9.17) is 0 Å². The minimum absolute atomic E-state index is 0.0583. The number of carbonyl (C=O) groups is 1. The summed E-state index contributed by atoms with van der Waals surface area (Å²) in [6.07, 6.45) is 0. The molecule has 0 saturated carbocycles. The lowest BCUT2D eigenvalue weighted by Gasteiger charge is -2.06. The Hall–Kier alpha value is -4.00. The lowest BCUT2D eigenvalue weighted by Crippen LogP contribution is -2.11. The molecule has 7 heteroatoms. The highest BCUT2D eigenvalue weighted by atomic mass is 19.1. The van der Waals surface area contributed by atoms with Gasteiger partial charge in [-0.05, 0) is 54.6 Å². The number of anilines is 1. The summed E-state index contributed by atoms with van der Waals surface area (Å²) in [5.74, 6) is -1.42. The standard InChI is InChI=1S/C22H15F2N3O2/c23-15-3-1-2-14(10-15)22(29)25-17-7-4-13(5-8-17)19-12-20(27-26-19)18-11-16(24)6-9-21(18)28/h1-12,28H,(H,25,29)(H,26,27). The van der Waals surface area contributed by atoms with Crippen LogP contribution in [0.25, 0.3) is 22.5 Å². The Morgan fingerprint density at radius 2 is 1.69 bits per heavy atom. The van der Waals surface area contributed by atoms with Gasteiger partial charge >= 0.3 is 0 Å². The molecular weight excluding hydrogens is 376 g/mol. The number of carbonyl (C=O) groups excluding carboxylic acids is 1. The third kappa shape index (κ3) is 3.98. The fourth-order valence-corrected chi connectivity index (χ4v) is 2.89. The van der Waals surface area contributed by atoms with E-state index in [1.807, 2.05) is 0 Å². The number of aromatic amines is 1. The highest BCUT2D eigenvalue weighted by Gasteiger charge is 2.11. The monoisotopic (exact) mass is 391 g/mol. The minimum Gasteiger partial charge on any atom is -0.507 e. The van der Waals surface area contributed by atoms with Gasteiger partial charge in [-0.15, -0.1) is 0 Å². The summed E-state index contributed by atoms with van der Waals surface area (Å²) in [5.41, 5.74) is 2.89. The second kappa shape index (κ2) is 7.55. The van der Waals surface area contributed by atoms with Gasteiger partial charge in [-0.3, -0.25) is 9.89 Å². The van der Waals surface area contributed by atoms with Crippen LogP contribution >= 0.6 is 0 Å². The molecule has 0 unspecified atom stereocenters. The van der Waals surface area contributed by atoms with Gasteiger partial charge in [0.1, 0.15) is 17.4 Å². The average Bonchev–Trinajstić information content (AvgIpc) is 3.20. The first-order valence-electron chi connectivity index (χ1n) is 8.71. The summed E-state index contributed by atoms with van der Waals surface area (Å²) >= 11 is 0. The Bertz CT molecular complexity index is 1190. The first-order chi connectivity index (χ1) is 14.0. The van der Waals surface area contributed by atoms with Crippen LogP contribution in [0.15, 0.2) is 72.8 Å². The van der Waals surface area contributed by atoms with E-state index in [0.29, 0.717) is 22.6 Å². The van der Waals surface area contributed by atoms with Gasteiger partial charge in [0.05, 0.1) is 11.4 Å². The fourth-order valence-electron chi connectivity index (χ4n) is 2.89. The fraction of sp³-hybridized carbons (Fsp3) is 0. The van der Waals surface area contributed by atoms with Crippen LogP contribution in [0.2, 0.25) is 0 Å². The van der Waals surface area contributed by atoms with Crippen molar-refractivity contribution in [2.45, 2.75) is 0 Å². The summed E-state index contributed by atoms with van der Waals surface area (Å²) in [7, 11) is 0. The molecule has 0 aliphatic rings. The number of halogens is 2. The second-order valence-corrected chi connectivity index (χ2v) is 6.37. The van der Waals surface area contributed by atoms with Gasteiger partial charge < -0.3 is 10.4 Å². The van der Waals surface area contributed by atoms with E-state index in [2.05, 4.69) is 15.5 Å². The van der Waals surface area contributed by atoms with Crippen molar-refractivity contribution < 1.29 is 18.7 Å². The summed E-state index contributed by atoms with van der Waals surface area (Å²) in [6.45, 7) is 0. The number of hydrogen-bond acceptors (Lipinski definition) is 3. The lowest BCUT2D eigenvalue weighted by atomic mass is 10.1. The summed E-state index contributed by atoms with van der Waals surface area (Å²) in [6, 6.07) is 17.7. The van der Waals surface area contributed by atoms with Crippen molar-refractivity contribution in [1.29, 1.82) is 0 Å². The number of H-pyrrole nitrogens is 1. The van der Waals surface area contributed by atoms with Crippen LogP contribution in [-0.2, 0) is 0 Å². The average molecular weight is 391 g/mol. The van der Waals surface area contributed by atoms with Crippen LogP contribution in [-0.4, -0.2) is 21.2 Å². The molecule has 1 amide bonds. The van der Waals surface area contributed by atoms with Gasteiger partial charge in [-0.2, -0.15) is 5.10 Å². The zero-order valence-corrected chi connectivity index (χ0v) is 15.0. The minimum atomic E-state index is -0.480. The van der Waals surface area contributed by atoms with E-state index in [1.54, 1.807) is 30.3 Å². The smallest absolute Gasteiger partial charge is 0.255 e. The van der Waals surface area contributed by atoms with Crippen LogP contribution in [0.3, 0.4) is 0 Å². The highest BCUT2D eigenvalue weighted by molar-refractivity contribution is 6.04. The summed E-state index contributed by atoms with van der Waals surface area (Å²) < 4.78 is 26.7. The molecule has 0 saturated heterocycles. The Kier molecular flexibility index (Phi) is 4.78. The largest absolute Gasteiger partial charge is 0.507 e. The normalized spacial score (nSPS) is 10.7. The summed E-state index contributed by atoms with van der Waals surface area (Å²) in [4.78, 5) is 12.2. The molecule has 0 spiro atoms. The number of phenolic OH excluding ortho intramolecular Hbond substituents is 1. The number of aromatic hydroxyl groups is 1. The third-order valence-corrected chi connectivity index (χ3v) is 4.35. The predicted octanol–water partition coefficient (Wildman–Crippen LogP) is 4.98. The van der Waals surface area contributed by atoms with Gasteiger partial charge in [0, 0.05) is 22.4 Å². The third-order valence-electron chi connectivity index (χ3n) is 4.35. The molecule has 1 aromatic heterocycles. The van der Waals surface area contributed by atoms with Crippen molar-refractivity contribution in [2.75, 3.05) is 5.32 Å². The molecule has 4 aromatic rings. The molecule has 0 aliphatic heterocycles. The first kappa shape index (κ1) is 18.4. The zero-order valence-electron chi connectivity index (χ0n) is 15.0. The van der Waals surface area contributed by atoms with Crippen molar-refractivity contribution >= 4 is 11.6 Å². The van der Waals surface area contributed by atoms with E-state index in [9.17, 15) is 18.7 Å². The Morgan fingerprint density at radius 3 is 2.45 bits per heavy atom. The SMILES string of the molecule is O=C(Nc1ccc(-c2cc(-c3cc(F)ccc3O)[nH]n2)cc1)c1cccc(F)c1. The predicted molar refractivity (Wildman–Crippen MR) is 105 cm³/mol. The quantitative estimate of drug-likeness (QED) is 0.459. The van der Waals surface area contributed by atoms with Gasteiger partial charge in [0.2, 0.25) is 0 Å². The van der Waals surface area contributed by atoms with Crippen molar-refractivity contribution in [1.82, 2.24) is 10.2 Å². The number of benzene rings is 3. The van der Waals surface area contributed by atoms with E-state index in [1.165, 1.54) is 36.4 Å². The van der Waals surface area contributed by atoms with Gasteiger partial charge in [0.25, 0.3) is 5.91 Å². The van der Waals surface area contributed by atoms with Crippen LogP contribution in [0.1, 0.15) is 10.4 Å². The summed E-state index contributed by atoms with van der Waals surface area (Å²) in [5, 5.41) is 19.6. The number of rotatable bonds is 4. The maximum Gasteiger partial charge on any atom is 0.255 e. The van der Waals surface area contributed by atoms with Crippen molar-refractivity contribution in [3.05, 3.63) is 90.0 Å². The van der Waals surface area contributed by atoms with Crippen LogP contribution < -0.4 is 5.32 Å². The lowest BCUT2D eigenvalue weighted by molar-refractivity contribution is 0.102. The second-order valence-electron chi connectivity index (χ2n) is 6.37. The Morgan fingerprint density at radius 1 is 0.931 bits per heavy atom. The maximum atomic E-state index is 13.5. The van der Waals surface area contributed by atoms with Gasteiger partial charge in [-0.25, -0.2) is 8.78 Å². The molecule has 0 aliphatic carbocycles. The van der Waals surface area contributed by atoms with Crippen molar-refractivity contribution in [3.63, 3.8) is 0 Å². The first-order valence-corrected chi connectivity index (χ1v) is 8.71. The number of phenols is 1. The molecule has 3 aromatic carbocycles. The van der Waals surface area contributed by atoms with E-state index in [0.717, 1.165) is 11.6 Å². The van der Waals surface area contributed by atoms with Gasteiger partial charge in [-0.1, -0.05) is 18.2 Å². The number of nitrogens with zero attached hydrogens (tertiary/aromatic N) is 1. The molecule has 4 rings (SSSR count). The number of aromatic nitrogens is 2. The zero-order chi connectivity index (χ0) is 20.4. The number of nitrogens with one attached hydrogen (secondary N) is 2. The van der Waals surface area contributed by atoms with Gasteiger partial charge in [0.15, 0.2) is 0 Å². The molecule has 3 N–H and O–H groups in total. The van der Waals surface area contributed by atoms with Crippen LogP contribution in [0.5, 0.6) is 5.75 Å². The molecule has 144 valence electrons. The Labute approximate surface area is 164 Å². The van der Waals surface area contributed by atoms with E-state index >= 15 is 0 Å². The van der Waals surface area contributed by atoms with Crippen molar-refractivity contribution in [2.24, 2.45) is 0 Å². The maximum absolute atomic E-state index is 13.5. The number of hydrogen-bond donors (Lipinski definition) is 3. The Balaban J connectivity index is 1.52.